The molecule has 0 bridgehead atoms. The predicted octanol–water partition coefficient (Wildman–Crippen LogP) is 3.55. The summed E-state index contributed by atoms with van der Waals surface area (Å²) in [5.74, 6) is 7.43. The van der Waals surface area contributed by atoms with Crippen molar-refractivity contribution in [3.05, 3.63) is 77.0 Å². The predicted molar refractivity (Wildman–Crippen MR) is 113 cm³/mol. The molecule has 0 saturated heterocycles. The van der Waals surface area contributed by atoms with Crippen molar-refractivity contribution in [2.45, 2.75) is 13.0 Å². The SMILES string of the molecule is COc1ccc(C#CCN2CCC3=C(CN(Cc4ccccc4)C=N3)C2)cc1. The highest BCUT2D eigenvalue weighted by Gasteiger charge is 2.22. The smallest absolute Gasteiger partial charge is 0.118 e. The summed E-state index contributed by atoms with van der Waals surface area (Å²) in [7, 11) is 1.68. The quantitative estimate of drug-likeness (QED) is 0.770. The van der Waals surface area contributed by atoms with Crippen LogP contribution in [0.25, 0.3) is 0 Å². The minimum Gasteiger partial charge on any atom is -0.497 e. The summed E-state index contributed by atoms with van der Waals surface area (Å²) < 4.78 is 5.19. The highest BCUT2D eigenvalue weighted by molar-refractivity contribution is 5.60. The molecule has 2 aromatic carbocycles. The molecular weight excluding hydrogens is 346 g/mol. The Morgan fingerprint density at radius 1 is 1.04 bits per heavy atom. The Bertz CT molecular complexity index is 920. The van der Waals surface area contributed by atoms with Crippen LogP contribution in [0.5, 0.6) is 5.75 Å². The van der Waals surface area contributed by atoms with Gasteiger partial charge in [-0.3, -0.25) is 4.90 Å². The molecule has 0 spiro atoms. The van der Waals surface area contributed by atoms with Gasteiger partial charge in [-0.15, -0.1) is 0 Å². The number of hydrogen-bond acceptors (Lipinski definition) is 4. The molecule has 2 heterocycles. The van der Waals surface area contributed by atoms with Crippen LogP contribution in [0, 0.1) is 11.8 Å². The third kappa shape index (κ3) is 4.62. The lowest BCUT2D eigenvalue weighted by Gasteiger charge is -2.33. The van der Waals surface area contributed by atoms with Crippen LogP contribution in [0.3, 0.4) is 0 Å². The average molecular weight is 371 g/mol. The topological polar surface area (TPSA) is 28.1 Å². The number of aliphatic imine (C=N–C) groups is 1. The molecule has 0 aromatic heterocycles. The van der Waals surface area contributed by atoms with Crippen LogP contribution in [0.15, 0.2) is 70.9 Å². The molecule has 142 valence electrons. The molecule has 0 radical (unpaired) electrons. The van der Waals surface area contributed by atoms with Gasteiger partial charge in [0.15, 0.2) is 0 Å². The van der Waals surface area contributed by atoms with E-state index in [1.807, 2.05) is 30.6 Å². The molecule has 4 heteroatoms. The first kappa shape index (κ1) is 18.3. The van der Waals surface area contributed by atoms with Gasteiger partial charge in [0.25, 0.3) is 0 Å². The van der Waals surface area contributed by atoms with E-state index >= 15 is 0 Å². The maximum atomic E-state index is 5.19. The van der Waals surface area contributed by atoms with Crippen LogP contribution in [0.1, 0.15) is 17.5 Å². The second-order valence-corrected chi connectivity index (χ2v) is 7.18. The third-order valence-corrected chi connectivity index (χ3v) is 5.11. The first-order valence-electron chi connectivity index (χ1n) is 9.68. The van der Waals surface area contributed by atoms with Gasteiger partial charge in [-0.25, -0.2) is 4.99 Å². The zero-order valence-electron chi connectivity index (χ0n) is 16.3. The van der Waals surface area contributed by atoms with Crippen molar-refractivity contribution >= 4 is 6.34 Å². The van der Waals surface area contributed by atoms with Crippen molar-refractivity contribution in [2.75, 3.05) is 33.3 Å². The summed E-state index contributed by atoms with van der Waals surface area (Å²) in [4.78, 5) is 9.42. The maximum Gasteiger partial charge on any atom is 0.118 e. The van der Waals surface area contributed by atoms with Crippen LogP contribution in [-0.2, 0) is 6.54 Å². The number of rotatable bonds is 4. The van der Waals surface area contributed by atoms with E-state index in [4.69, 9.17) is 9.73 Å². The lowest BCUT2D eigenvalue weighted by molar-refractivity contribution is 0.300. The van der Waals surface area contributed by atoms with Crippen LogP contribution >= 0.6 is 0 Å². The zero-order valence-corrected chi connectivity index (χ0v) is 16.3. The van der Waals surface area contributed by atoms with Gasteiger partial charge in [-0.2, -0.15) is 0 Å². The minimum atomic E-state index is 0.783. The molecule has 4 nitrogen and oxygen atoms in total. The first-order chi connectivity index (χ1) is 13.8. The van der Waals surface area contributed by atoms with Crippen molar-refractivity contribution in [2.24, 2.45) is 4.99 Å². The summed E-state index contributed by atoms with van der Waals surface area (Å²) >= 11 is 0. The average Bonchev–Trinajstić information content (AvgIpc) is 2.75. The molecule has 0 atom stereocenters. The highest BCUT2D eigenvalue weighted by atomic mass is 16.5. The standard InChI is InChI=1S/C24H25N3O/c1-28-23-11-9-20(10-12-23)8-5-14-26-15-13-24-22(17-26)18-27(19-25-24)16-21-6-3-2-4-7-21/h2-4,6-7,9-12,19H,13-18H2,1H3. The Balaban J connectivity index is 1.33. The van der Waals surface area contributed by atoms with Gasteiger partial charge in [0.05, 0.1) is 20.0 Å². The van der Waals surface area contributed by atoms with E-state index in [2.05, 4.69) is 52.0 Å². The molecule has 28 heavy (non-hydrogen) atoms. The Hall–Kier alpha value is -3.03. The number of methoxy groups -OCH3 is 1. The van der Waals surface area contributed by atoms with E-state index in [0.717, 1.165) is 50.5 Å². The van der Waals surface area contributed by atoms with Crippen molar-refractivity contribution in [3.63, 3.8) is 0 Å². The molecule has 0 saturated carbocycles. The van der Waals surface area contributed by atoms with Crippen LogP contribution in [0.4, 0.5) is 0 Å². The van der Waals surface area contributed by atoms with Gasteiger partial charge in [-0.1, -0.05) is 42.2 Å². The van der Waals surface area contributed by atoms with Crippen molar-refractivity contribution in [3.8, 4) is 17.6 Å². The zero-order chi connectivity index (χ0) is 19.2. The Kier molecular flexibility index (Phi) is 5.75. The number of benzene rings is 2. The number of hydrogen-bond donors (Lipinski definition) is 0. The van der Waals surface area contributed by atoms with E-state index in [-0.39, 0.29) is 0 Å². The fourth-order valence-corrected chi connectivity index (χ4v) is 3.59. The van der Waals surface area contributed by atoms with Crippen molar-refractivity contribution in [1.29, 1.82) is 0 Å². The van der Waals surface area contributed by atoms with E-state index in [9.17, 15) is 0 Å². The Morgan fingerprint density at radius 3 is 2.64 bits per heavy atom. The van der Waals surface area contributed by atoms with Gasteiger partial charge in [0.2, 0.25) is 0 Å². The van der Waals surface area contributed by atoms with Gasteiger partial charge in [0, 0.05) is 43.9 Å². The minimum absolute atomic E-state index is 0.783. The summed E-state index contributed by atoms with van der Waals surface area (Å²) in [5, 5.41) is 0. The third-order valence-electron chi connectivity index (χ3n) is 5.11. The molecule has 0 aliphatic carbocycles. The lowest BCUT2D eigenvalue weighted by atomic mass is 10.0. The van der Waals surface area contributed by atoms with E-state index in [1.165, 1.54) is 16.8 Å². The molecular formula is C24H25N3O. The van der Waals surface area contributed by atoms with Crippen LogP contribution in [0.2, 0.25) is 0 Å². The Labute approximate surface area is 167 Å². The fourth-order valence-electron chi connectivity index (χ4n) is 3.59. The van der Waals surface area contributed by atoms with Gasteiger partial charge < -0.3 is 9.64 Å². The molecule has 0 fully saturated rings. The Morgan fingerprint density at radius 2 is 1.86 bits per heavy atom. The highest BCUT2D eigenvalue weighted by Crippen LogP contribution is 2.23. The second-order valence-electron chi connectivity index (χ2n) is 7.18. The van der Waals surface area contributed by atoms with Gasteiger partial charge in [0.1, 0.15) is 5.75 Å². The molecule has 2 aliphatic heterocycles. The molecule has 0 N–H and O–H groups in total. The molecule has 0 amide bonds. The van der Waals surface area contributed by atoms with Gasteiger partial charge in [-0.05, 0) is 35.4 Å². The summed E-state index contributed by atoms with van der Waals surface area (Å²) in [6.45, 7) is 4.61. The van der Waals surface area contributed by atoms with Crippen molar-refractivity contribution < 1.29 is 4.74 Å². The van der Waals surface area contributed by atoms with E-state index < -0.39 is 0 Å². The van der Waals surface area contributed by atoms with Gasteiger partial charge >= 0.3 is 0 Å². The summed E-state index contributed by atoms with van der Waals surface area (Å²) in [6, 6.07) is 18.5. The monoisotopic (exact) mass is 371 g/mol. The van der Waals surface area contributed by atoms with E-state index in [0.29, 0.717) is 0 Å². The first-order valence-corrected chi connectivity index (χ1v) is 9.68. The largest absolute Gasteiger partial charge is 0.497 e. The van der Waals surface area contributed by atoms with Crippen LogP contribution in [-0.4, -0.2) is 49.4 Å². The normalized spacial score (nSPS) is 16.4. The summed E-state index contributed by atoms with van der Waals surface area (Å²) in [5.41, 5.74) is 5.03. The van der Waals surface area contributed by atoms with Crippen molar-refractivity contribution in [1.82, 2.24) is 9.80 Å². The van der Waals surface area contributed by atoms with Crippen LogP contribution < -0.4 is 4.74 Å². The molecule has 2 aromatic rings. The second kappa shape index (κ2) is 8.77. The molecule has 4 rings (SSSR count). The number of nitrogens with zero attached hydrogens (tertiary/aromatic N) is 3. The lowest BCUT2D eigenvalue weighted by Crippen LogP contribution is -2.38. The van der Waals surface area contributed by atoms with E-state index in [1.54, 1.807) is 7.11 Å². The maximum absolute atomic E-state index is 5.19. The molecule has 2 aliphatic rings. The fraction of sp³-hybridized carbons (Fsp3) is 0.292. The molecule has 0 unspecified atom stereocenters. The summed E-state index contributed by atoms with van der Waals surface area (Å²) in [6.07, 6.45) is 3.01. The number of ether oxygens (including phenoxy) is 1.